The van der Waals surface area contributed by atoms with Gasteiger partial charge >= 0.3 is 0 Å². The van der Waals surface area contributed by atoms with Gasteiger partial charge in [0.1, 0.15) is 11.5 Å². The van der Waals surface area contributed by atoms with Crippen molar-refractivity contribution >= 4 is 22.4 Å². The molecule has 0 aliphatic carbocycles. The van der Waals surface area contributed by atoms with Crippen LogP contribution < -0.4 is 4.74 Å². The standard InChI is InChI=1S/C19H25ClO2/c1-15-14-18(16-10-6-7-11-17(16)19(15)21)22-13-9-5-3-2-4-8-12-20/h6-7,10-11,14,21H,2-5,8-9,12-13H2,1H3. The van der Waals surface area contributed by atoms with Crippen LogP contribution in [0.15, 0.2) is 30.3 Å². The van der Waals surface area contributed by atoms with Crippen molar-refractivity contribution in [3.63, 3.8) is 0 Å². The van der Waals surface area contributed by atoms with Crippen LogP contribution in [0.4, 0.5) is 0 Å². The van der Waals surface area contributed by atoms with E-state index in [2.05, 4.69) is 0 Å². The molecule has 1 N–H and O–H groups in total. The van der Waals surface area contributed by atoms with Crippen molar-refractivity contribution < 1.29 is 9.84 Å². The number of fused-ring (bicyclic) bond motifs is 1. The van der Waals surface area contributed by atoms with E-state index in [-0.39, 0.29) is 0 Å². The minimum Gasteiger partial charge on any atom is -0.507 e. The van der Waals surface area contributed by atoms with Gasteiger partial charge in [-0.1, -0.05) is 49.9 Å². The van der Waals surface area contributed by atoms with Gasteiger partial charge in [-0.15, -0.1) is 11.6 Å². The molecule has 0 fully saturated rings. The van der Waals surface area contributed by atoms with Gasteiger partial charge in [0.05, 0.1) is 6.61 Å². The quantitative estimate of drug-likeness (QED) is 0.466. The number of hydrogen-bond donors (Lipinski definition) is 1. The number of phenolic OH excluding ortho intramolecular Hbond substituents is 1. The van der Waals surface area contributed by atoms with Gasteiger partial charge in [-0.2, -0.15) is 0 Å². The summed E-state index contributed by atoms with van der Waals surface area (Å²) in [5.41, 5.74) is 0.856. The van der Waals surface area contributed by atoms with Gasteiger partial charge in [0.2, 0.25) is 0 Å². The second-order valence-corrected chi connectivity index (χ2v) is 6.12. The first-order chi connectivity index (χ1) is 10.7. The van der Waals surface area contributed by atoms with Crippen molar-refractivity contribution in [1.82, 2.24) is 0 Å². The highest BCUT2D eigenvalue weighted by Crippen LogP contribution is 2.35. The van der Waals surface area contributed by atoms with E-state index in [0.717, 1.165) is 47.4 Å². The van der Waals surface area contributed by atoms with Crippen LogP contribution in [0, 0.1) is 6.92 Å². The van der Waals surface area contributed by atoms with Crippen LogP contribution in [0.2, 0.25) is 0 Å². The zero-order chi connectivity index (χ0) is 15.8. The molecule has 0 radical (unpaired) electrons. The molecule has 2 aromatic carbocycles. The summed E-state index contributed by atoms with van der Waals surface area (Å²) in [5.74, 6) is 1.99. The predicted octanol–water partition coefficient (Wildman–Crippen LogP) is 5.81. The summed E-state index contributed by atoms with van der Waals surface area (Å²) in [6, 6.07) is 9.77. The van der Waals surface area contributed by atoms with Crippen LogP contribution in [-0.4, -0.2) is 17.6 Å². The minimum atomic E-state index is 0.349. The minimum absolute atomic E-state index is 0.349. The molecule has 0 saturated heterocycles. The maximum Gasteiger partial charge on any atom is 0.127 e. The Morgan fingerprint density at radius 1 is 0.955 bits per heavy atom. The number of phenols is 1. The second kappa shape index (κ2) is 8.89. The van der Waals surface area contributed by atoms with Gasteiger partial charge in [0.15, 0.2) is 0 Å². The number of rotatable bonds is 9. The van der Waals surface area contributed by atoms with E-state index in [1.54, 1.807) is 0 Å². The summed E-state index contributed by atoms with van der Waals surface area (Å²) in [6.07, 6.45) is 7.11. The molecule has 2 rings (SSSR count). The Hall–Kier alpha value is -1.41. The van der Waals surface area contributed by atoms with Gasteiger partial charge in [-0.05, 0) is 31.4 Å². The summed E-state index contributed by atoms with van der Waals surface area (Å²) < 4.78 is 5.95. The summed E-state index contributed by atoms with van der Waals surface area (Å²) in [5, 5.41) is 12.0. The van der Waals surface area contributed by atoms with E-state index < -0.39 is 0 Å². The highest BCUT2D eigenvalue weighted by molar-refractivity contribution is 6.17. The number of halogens is 1. The molecular weight excluding hydrogens is 296 g/mol. The smallest absolute Gasteiger partial charge is 0.127 e. The normalized spacial score (nSPS) is 11.0. The van der Waals surface area contributed by atoms with Crippen LogP contribution in [0.5, 0.6) is 11.5 Å². The van der Waals surface area contributed by atoms with Gasteiger partial charge in [0.25, 0.3) is 0 Å². The molecule has 0 spiro atoms. The van der Waals surface area contributed by atoms with Crippen molar-refractivity contribution in [2.75, 3.05) is 12.5 Å². The molecule has 0 bridgehead atoms. The molecule has 0 heterocycles. The number of ether oxygens (including phenoxy) is 1. The Morgan fingerprint density at radius 2 is 1.59 bits per heavy atom. The number of alkyl halides is 1. The molecule has 2 aromatic rings. The second-order valence-electron chi connectivity index (χ2n) is 5.74. The van der Waals surface area contributed by atoms with Crippen LogP contribution in [-0.2, 0) is 0 Å². The number of unbranched alkanes of at least 4 members (excludes halogenated alkanes) is 5. The Kier molecular flexibility index (Phi) is 6.85. The maximum atomic E-state index is 10.1. The third-order valence-corrected chi connectivity index (χ3v) is 4.22. The Morgan fingerprint density at radius 3 is 2.32 bits per heavy atom. The fourth-order valence-corrected chi connectivity index (χ4v) is 2.85. The largest absolute Gasteiger partial charge is 0.507 e. The number of aryl methyl sites for hydroxylation is 1. The Labute approximate surface area is 138 Å². The predicted molar refractivity (Wildman–Crippen MR) is 94.3 cm³/mol. The van der Waals surface area contributed by atoms with Crippen LogP contribution in [0.1, 0.15) is 44.1 Å². The lowest BCUT2D eigenvalue weighted by Crippen LogP contribution is -1.98. The highest BCUT2D eigenvalue weighted by Gasteiger charge is 2.09. The van der Waals surface area contributed by atoms with Gasteiger partial charge < -0.3 is 9.84 Å². The van der Waals surface area contributed by atoms with Gasteiger partial charge in [-0.3, -0.25) is 0 Å². The summed E-state index contributed by atoms with van der Waals surface area (Å²) >= 11 is 5.67. The molecular formula is C19H25ClO2. The number of aromatic hydroxyl groups is 1. The summed E-state index contributed by atoms with van der Waals surface area (Å²) in [4.78, 5) is 0. The lowest BCUT2D eigenvalue weighted by molar-refractivity contribution is 0.307. The van der Waals surface area contributed by atoms with Gasteiger partial charge in [0, 0.05) is 16.7 Å². The zero-order valence-electron chi connectivity index (χ0n) is 13.3. The summed E-state index contributed by atoms with van der Waals surface area (Å²) in [6.45, 7) is 2.63. The number of hydrogen-bond acceptors (Lipinski definition) is 2. The topological polar surface area (TPSA) is 29.5 Å². The highest BCUT2D eigenvalue weighted by atomic mass is 35.5. The Bertz CT molecular complexity index is 595. The molecule has 0 amide bonds. The third-order valence-electron chi connectivity index (χ3n) is 3.95. The van der Waals surface area contributed by atoms with Crippen LogP contribution in [0.3, 0.4) is 0 Å². The first-order valence-corrected chi connectivity index (χ1v) is 8.67. The SMILES string of the molecule is Cc1cc(OCCCCCCCCCl)c2ccccc2c1O. The van der Waals surface area contributed by atoms with Crippen LogP contribution in [0.25, 0.3) is 10.8 Å². The lowest BCUT2D eigenvalue weighted by Gasteiger charge is -2.12. The molecule has 0 aliphatic heterocycles. The van der Waals surface area contributed by atoms with E-state index in [1.165, 1.54) is 25.7 Å². The molecule has 0 atom stereocenters. The fourth-order valence-electron chi connectivity index (χ4n) is 2.66. The number of benzene rings is 2. The van der Waals surface area contributed by atoms with E-state index in [9.17, 15) is 5.11 Å². The van der Waals surface area contributed by atoms with Crippen molar-refractivity contribution in [2.45, 2.75) is 45.4 Å². The van der Waals surface area contributed by atoms with E-state index in [1.807, 2.05) is 37.3 Å². The molecule has 0 unspecified atom stereocenters. The first kappa shape index (κ1) is 17.0. The summed E-state index contributed by atoms with van der Waals surface area (Å²) in [7, 11) is 0. The molecule has 0 saturated carbocycles. The van der Waals surface area contributed by atoms with E-state index >= 15 is 0 Å². The molecule has 0 aliphatic rings. The van der Waals surface area contributed by atoms with E-state index in [4.69, 9.17) is 16.3 Å². The molecule has 22 heavy (non-hydrogen) atoms. The molecule has 120 valence electrons. The van der Waals surface area contributed by atoms with Crippen molar-refractivity contribution in [2.24, 2.45) is 0 Å². The average Bonchev–Trinajstić information content (AvgIpc) is 2.54. The fraction of sp³-hybridized carbons (Fsp3) is 0.474. The molecule has 3 heteroatoms. The van der Waals surface area contributed by atoms with E-state index in [0.29, 0.717) is 5.75 Å². The van der Waals surface area contributed by atoms with Crippen LogP contribution >= 0.6 is 11.6 Å². The van der Waals surface area contributed by atoms with Crippen molar-refractivity contribution in [3.05, 3.63) is 35.9 Å². The van der Waals surface area contributed by atoms with Gasteiger partial charge in [-0.25, -0.2) is 0 Å². The van der Waals surface area contributed by atoms with Crippen molar-refractivity contribution in [3.8, 4) is 11.5 Å². The molecule has 0 aromatic heterocycles. The Balaban J connectivity index is 1.86. The third kappa shape index (κ3) is 4.54. The zero-order valence-corrected chi connectivity index (χ0v) is 14.0. The molecule has 2 nitrogen and oxygen atoms in total. The lowest BCUT2D eigenvalue weighted by atomic mass is 10.0. The first-order valence-electron chi connectivity index (χ1n) is 8.14. The monoisotopic (exact) mass is 320 g/mol. The maximum absolute atomic E-state index is 10.1. The van der Waals surface area contributed by atoms with Crippen molar-refractivity contribution in [1.29, 1.82) is 0 Å². The average molecular weight is 321 g/mol.